The summed E-state index contributed by atoms with van der Waals surface area (Å²) in [5.74, 6) is 0.781. The summed E-state index contributed by atoms with van der Waals surface area (Å²) < 4.78 is 0. The van der Waals surface area contributed by atoms with Crippen molar-refractivity contribution in [3.63, 3.8) is 0 Å². The normalized spacial score (nSPS) is 17.0. The number of hydrogen-bond acceptors (Lipinski definition) is 2. The maximum absolute atomic E-state index is 6.15. The molecule has 2 N–H and O–H groups in total. The largest absolute Gasteiger partial charge is 0.371 e. The van der Waals surface area contributed by atoms with Crippen molar-refractivity contribution in [1.29, 1.82) is 0 Å². The molecule has 3 nitrogen and oxygen atoms in total. The van der Waals surface area contributed by atoms with E-state index in [0.29, 0.717) is 11.7 Å². The topological polar surface area (TPSA) is 27.3 Å². The van der Waals surface area contributed by atoms with E-state index in [1.165, 1.54) is 24.1 Å². The smallest absolute Gasteiger partial charge is 0.171 e. The van der Waals surface area contributed by atoms with E-state index in [1.807, 2.05) is 25.1 Å². The van der Waals surface area contributed by atoms with Gasteiger partial charge in [0.05, 0.1) is 0 Å². The molecule has 0 radical (unpaired) electrons. The molecule has 0 bridgehead atoms. The van der Waals surface area contributed by atoms with E-state index in [0.717, 1.165) is 35.3 Å². The van der Waals surface area contributed by atoms with E-state index >= 15 is 0 Å². The highest BCUT2D eigenvalue weighted by Gasteiger charge is 2.16. The predicted octanol–water partition coefficient (Wildman–Crippen LogP) is 5.37. The first kappa shape index (κ1) is 19.0. The molecule has 0 spiro atoms. The van der Waals surface area contributed by atoms with E-state index in [-0.39, 0.29) is 0 Å². The van der Waals surface area contributed by atoms with Gasteiger partial charge in [0.1, 0.15) is 0 Å². The molecule has 1 saturated heterocycles. The molecule has 1 aliphatic rings. The van der Waals surface area contributed by atoms with E-state index in [4.69, 9.17) is 23.8 Å². The third-order valence-corrected chi connectivity index (χ3v) is 5.49. The standard InChI is InChI=1S/C21H26ClN3S/c1-15-4-3-11-25(14-15)19-9-6-17(7-10-19)13-23-21(26)24-18-8-5-16(2)20(22)12-18/h5-10,12,15H,3-4,11,13-14H2,1-2H3,(H2,23,24,26)/t15-/m1/s1. The van der Waals surface area contributed by atoms with Crippen molar-refractivity contribution < 1.29 is 0 Å². The van der Waals surface area contributed by atoms with Crippen LogP contribution in [0.4, 0.5) is 11.4 Å². The van der Waals surface area contributed by atoms with Gasteiger partial charge in [-0.1, -0.05) is 36.7 Å². The fraction of sp³-hybridized carbons (Fsp3) is 0.381. The van der Waals surface area contributed by atoms with Gasteiger partial charge >= 0.3 is 0 Å². The monoisotopic (exact) mass is 387 g/mol. The Hall–Kier alpha value is -1.78. The van der Waals surface area contributed by atoms with E-state index < -0.39 is 0 Å². The van der Waals surface area contributed by atoms with Crippen LogP contribution in [-0.2, 0) is 6.54 Å². The Morgan fingerprint density at radius 1 is 1.23 bits per heavy atom. The lowest BCUT2D eigenvalue weighted by atomic mass is 9.99. The lowest BCUT2D eigenvalue weighted by Gasteiger charge is -2.32. The zero-order valence-electron chi connectivity index (χ0n) is 15.4. The van der Waals surface area contributed by atoms with Crippen molar-refractivity contribution in [2.75, 3.05) is 23.3 Å². The Balaban J connectivity index is 1.51. The van der Waals surface area contributed by atoms with Gasteiger partial charge < -0.3 is 15.5 Å². The SMILES string of the molecule is Cc1ccc(NC(=S)NCc2ccc(N3CCC[C@@H](C)C3)cc2)cc1Cl. The molecule has 3 rings (SSSR count). The van der Waals surface area contributed by atoms with Gasteiger partial charge in [-0.2, -0.15) is 0 Å². The van der Waals surface area contributed by atoms with E-state index in [1.54, 1.807) is 0 Å². The van der Waals surface area contributed by atoms with Gasteiger partial charge in [0.25, 0.3) is 0 Å². The second-order valence-corrected chi connectivity index (χ2v) is 7.95. The molecule has 138 valence electrons. The van der Waals surface area contributed by atoms with Crippen LogP contribution >= 0.6 is 23.8 Å². The number of nitrogens with zero attached hydrogens (tertiary/aromatic N) is 1. The lowest BCUT2D eigenvalue weighted by molar-refractivity contribution is 0.447. The molecule has 0 saturated carbocycles. The van der Waals surface area contributed by atoms with Gasteiger partial charge in [0.15, 0.2) is 5.11 Å². The average Bonchev–Trinajstić information content (AvgIpc) is 2.63. The maximum atomic E-state index is 6.15. The van der Waals surface area contributed by atoms with Gasteiger partial charge in [0, 0.05) is 36.0 Å². The second-order valence-electron chi connectivity index (χ2n) is 7.13. The highest BCUT2D eigenvalue weighted by molar-refractivity contribution is 7.80. The Kier molecular flexibility index (Phi) is 6.38. The summed E-state index contributed by atoms with van der Waals surface area (Å²) in [5, 5.41) is 7.76. The Morgan fingerprint density at radius 2 is 2.00 bits per heavy atom. The molecular formula is C21H26ClN3S. The van der Waals surface area contributed by atoms with Crippen molar-refractivity contribution in [2.24, 2.45) is 5.92 Å². The van der Waals surface area contributed by atoms with Gasteiger partial charge in [-0.15, -0.1) is 0 Å². The average molecular weight is 388 g/mol. The molecule has 1 heterocycles. The van der Waals surface area contributed by atoms with Crippen LogP contribution in [0.2, 0.25) is 5.02 Å². The van der Waals surface area contributed by atoms with Gasteiger partial charge in [-0.25, -0.2) is 0 Å². The fourth-order valence-electron chi connectivity index (χ4n) is 3.28. The number of aryl methyl sites for hydroxylation is 1. The fourth-order valence-corrected chi connectivity index (χ4v) is 3.65. The minimum absolute atomic E-state index is 0.596. The first-order valence-electron chi connectivity index (χ1n) is 9.16. The molecule has 1 fully saturated rings. The lowest BCUT2D eigenvalue weighted by Crippen LogP contribution is -2.34. The Morgan fingerprint density at radius 3 is 2.69 bits per heavy atom. The summed E-state index contributed by atoms with van der Waals surface area (Å²) in [7, 11) is 0. The van der Waals surface area contributed by atoms with Gasteiger partial charge in [-0.05, 0) is 73.3 Å². The predicted molar refractivity (Wildman–Crippen MR) is 116 cm³/mol. The molecule has 5 heteroatoms. The number of hydrogen-bond donors (Lipinski definition) is 2. The Bertz CT molecular complexity index is 760. The highest BCUT2D eigenvalue weighted by Crippen LogP contribution is 2.23. The van der Waals surface area contributed by atoms with Crippen molar-refractivity contribution in [3.05, 3.63) is 58.6 Å². The van der Waals surface area contributed by atoms with Crippen molar-refractivity contribution in [3.8, 4) is 0 Å². The Labute approximate surface area is 166 Å². The summed E-state index contributed by atoms with van der Waals surface area (Å²) in [6, 6.07) is 14.6. The van der Waals surface area contributed by atoms with Gasteiger partial charge in [0.2, 0.25) is 0 Å². The molecule has 0 aliphatic carbocycles. The summed E-state index contributed by atoms with van der Waals surface area (Å²) in [6.45, 7) is 7.33. The molecule has 1 atom stereocenters. The summed E-state index contributed by atoms with van der Waals surface area (Å²) in [4.78, 5) is 2.48. The van der Waals surface area contributed by atoms with Crippen molar-refractivity contribution >= 4 is 40.3 Å². The van der Waals surface area contributed by atoms with Crippen LogP contribution < -0.4 is 15.5 Å². The number of anilines is 2. The number of piperidine rings is 1. The van der Waals surface area contributed by atoms with Gasteiger partial charge in [-0.3, -0.25) is 0 Å². The number of benzene rings is 2. The number of rotatable bonds is 4. The second kappa shape index (κ2) is 8.74. The van der Waals surface area contributed by atoms with Crippen molar-refractivity contribution in [2.45, 2.75) is 33.2 Å². The van der Waals surface area contributed by atoms with Crippen LogP contribution in [0, 0.1) is 12.8 Å². The first-order chi connectivity index (χ1) is 12.5. The van der Waals surface area contributed by atoms with Crippen LogP contribution in [0.1, 0.15) is 30.9 Å². The minimum atomic E-state index is 0.596. The summed E-state index contributed by atoms with van der Waals surface area (Å²) in [6.07, 6.45) is 2.63. The maximum Gasteiger partial charge on any atom is 0.171 e. The van der Waals surface area contributed by atoms with Crippen LogP contribution in [0.15, 0.2) is 42.5 Å². The highest BCUT2D eigenvalue weighted by atomic mass is 35.5. The zero-order valence-corrected chi connectivity index (χ0v) is 17.0. The minimum Gasteiger partial charge on any atom is -0.371 e. The third-order valence-electron chi connectivity index (χ3n) is 4.84. The van der Waals surface area contributed by atoms with Crippen LogP contribution in [-0.4, -0.2) is 18.2 Å². The van der Waals surface area contributed by atoms with Crippen LogP contribution in [0.3, 0.4) is 0 Å². The molecule has 0 aromatic heterocycles. The number of nitrogens with one attached hydrogen (secondary N) is 2. The summed E-state index contributed by atoms with van der Waals surface area (Å²) >= 11 is 11.5. The van der Waals surface area contributed by atoms with E-state index in [9.17, 15) is 0 Å². The van der Waals surface area contributed by atoms with E-state index in [2.05, 4.69) is 46.7 Å². The molecule has 0 amide bonds. The third kappa shape index (κ3) is 5.12. The molecular weight excluding hydrogens is 362 g/mol. The quantitative estimate of drug-likeness (QED) is 0.689. The first-order valence-corrected chi connectivity index (χ1v) is 9.95. The molecule has 1 aliphatic heterocycles. The molecule has 0 unspecified atom stereocenters. The number of halogens is 1. The van der Waals surface area contributed by atoms with Crippen molar-refractivity contribution in [1.82, 2.24) is 5.32 Å². The molecule has 2 aromatic rings. The molecule has 26 heavy (non-hydrogen) atoms. The number of thiocarbonyl (C=S) groups is 1. The zero-order chi connectivity index (χ0) is 18.5. The summed E-state index contributed by atoms with van der Waals surface area (Å²) in [5.41, 5.74) is 4.48. The molecule has 2 aromatic carbocycles. The van der Waals surface area contributed by atoms with Crippen LogP contribution in [0.5, 0.6) is 0 Å². The van der Waals surface area contributed by atoms with Crippen LogP contribution in [0.25, 0.3) is 0 Å².